The van der Waals surface area contributed by atoms with Gasteiger partial charge in [-0.1, -0.05) is 6.07 Å². The minimum absolute atomic E-state index is 0.0114. The Morgan fingerprint density at radius 2 is 2.11 bits per heavy atom. The Morgan fingerprint density at radius 3 is 2.89 bits per heavy atom. The zero-order valence-electron chi connectivity index (χ0n) is 16.0. The predicted octanol–water partition coefficient (Wildman–Crippen LogP) is 2.08. The minimum atomic E-state index is -0.401. The van der Waals surface area contributed by atoms with Crippen molar-refractivity contribution >= 4 is 16.9 Å². The number of rotatable bonds is 3. The summed E-state index contributed by atoms with van der Waals surface area (Å²) in [6.07, 6.45) is 5.27. The maximum absolute atomic E-state index is 12.9. The van der Waals surface area contributed by atoms with E-state index in [1.807, 2.05) is 47.0 Å². The number of carbonyl (C=O) groups excluding carboxylic acids is 1. The predicted molar refractivity (Wildman–Crippen MR) is 105 cm³/mol. The van der Waals surface area contributed by atoms with Crippen molar-refractivity contribution in [1.82, 2.24) is 24.6 Å². The second-order valence-electron chi connectivity index (χ2n) is 8.26. The van der Waals surface area contributed by atoms with Crippen LogP contribution in [-0.4, -0.2) is 54.9 Å². The molecule has 7 nitrogen and oxygen atoms in total. The van der Waals surface area contributed by atoms with Gasteiger partial charge in [-0.25, -0.2) is 4.98 Å². The summed E-state index contributed by atoms with van der Waals surface area (Å²) in [7, 11) is 0. The number of benzene rings is 1. The van der Waals surface area contributed by atoms with Crippen molar-refractivity contribution in [3.8, 4) is 0 Å². The second kappa shape index (κ2) is 6.74. The molecule has 2 N–H and O–H groups in total. The first-order valence-electron chi connectivity index (χ1n) is 9.97. The molecule has 2 aromatic heterocycles. The van der Waals surface area contributed by atoms with Crippen LogP contribution >= 0.6 is 0 Å². The first kappa shape index (κ1) is 17.4. The number of aliphatic hydroxyl groups is 1. The van der Waals surface area contributed by atoms with Gasteiger partial charge in [0, 0.05) is 25.5 Å². The number of aryl methyl sites for hydroxylation is 1. The lowest BCUT2D eigenvalue weighted by Crippen LogP contribution is -2.36. The summed E-state index contributed by atoms with van der Waals surface area (Å²) in [5.74, 6) is 1.85. The number of amides is 1. The first-order chi connectivity index (χ1) is 13.6. The molecule has 1 aromatic carbocycles. The number of imidazole rings is 1. The van der Waals surface area contributed by atoms with Crippen LogP contribution in [0.1, 0.15) is 30.3 Å². The number of H-pyrrole nitrogens is 1. The van der Waals surface area contributed by atoms with Crippen molar-refractivity contribution in [1.29, 1.82) is 0 Å². The first-order valence-corrected chi connectivity index (χ1v) is 9.97. The van der Waals surface area contributed by atoms with Crippen LogP contribution in [0.4, 0.5) is 0 Å². The summed E-state index contributed by atoms with van der Waals surface area (Å²) in [5, 5.41) is 14.9. The molecular formula is C21H25N5O2. The number of aliphatic hydroxyl groups excluding tert-OH is 1. The van der Waals surface area contributed by atoms with E-state index in [1.54, 1.807) is 6.20 Å². The van der Waals surface area contributed by atoms with Crippen LogP contribution in [0.5, 0.6) is 0 Å². The van der Waals surface area contributed by atoms with Crippen LogP contribution in [0.25, 0.3) is 11.0 Å². The Morgan fingerprint density at radius 1 is 1.29 bits per heavy atom. The van der Waals surface area contributed by atoms with Gasteiger partial charge < -0.3 is 15.0 Å². The molecule has 2 fully saturated rings. The number of carbonyl (C=O) groups is 1. The van der Waals surface area contributed by atoms with E-state index in [9.17, 15) is 9.90 Å². The molecule has 28 heavy (non-hydrogen) atoms. The van der Waals surface area contributed by atoms with Gasteiger partial charge in [-0.15, -0.1) is 0 Å². The van der Waals surface area contributed by atoms with Crippen molar-refractivity contribution in [2.45, 2.75) is 38.3 Å². The molecular weight excluding hydrogens is 354 g/mol. The van der Waals surface area contributed by atoms with Crippen LogP contribution in [0.15, 0.2) is 36.7 Å². The molecule has 1 amide bonds. The Bertz CT molecular complexity index is 996. The number of hydrogen-bond acceptors (Lipinski definition) is 4. The van der Waals surface area contributed by atoms with Crippen molar-refractivity contribution in [3.63, 3.8) is 0 Å². The lowest BCUT2D eigenvalue weighted by atomic mass is 9.77. The number of aromatic amines is 1. The van der Waals surface area contributed by atoms with Gasteiger partial charge in [0.25, 0.3) is 0 Å². The molecule has 5 rings (SSSR count). The summed E-state index contributed by atoms with van der Waals surface area (Å²) in [5.41, 5.74) is 2.91. The smallest absolute Gasteiger partial charge is 0.227 e. The molecule has 0 radical (unpaired) electrons. The highest BCUT2D eigenvalue weighted by molar-refractivity contribution is 5.82. The minimum Gasteiger partial charge on any atom is -0.391 e. The quantitative estimate of drug-likeness (QED) is 0.729. The second-order valence-corrected chi connectivity index (χ2v) is 8.26. The Hall–Kier alpha value is -2.67. The van der Waals surface area contributed by atoms with Gasteiger partial charge in [-0.2, -0.15) is 5.10 Å². The van der Waals surface area contributed by atoms with Crippen LogP contribution in [0, 0.1) is 18.8 Å². The number of nitrogens with zero attached hydrogens (tertiary/aromatic N) is 4. The molecule has 2 aliphatic rings. The summed E-state index contributed by atoms with van der Waals surface area (Å²) in [6, 6.07) is 7.88. The lowest BCUT2D eigenvalue weighted by molar-refractivity contribution is -0.129. The zero-order valence-corrected chi connectivity index (χ0v) is 16.0. The van der Waals surface area contributed by atoms with E-state index >= 15 is 0 Å². The van der Waals surface area contributed by atoms with Gasteiger partial charge in [-0.05, 0) is 55.4 Å². The van der Waals surface area contributed by atoms with E-state index in [0.717, 1.165) is 48.4 Å². The molecule has 1 aliphatic heterocycles. The van der Waals surface area contributed by atoms with Gasteiger partial charge in [0.1, 0.15) is 5.82 Å². The number of likely N-dealkylation sites (tertiary alicyclic amines) is 1. The molecule has 0 bridgehead atoms. The average molecular weight is 379 g/mol. The SMILES string of the molecule is Cc1nc2ccc(CC(=O)N3C[C@H]4C[C@@H](n5cccn5)[C@H](O)C[C@H]4C3)cc2[nH]1. The molecule has 7 heteroatoms. The number of nitrogens with one attached hydrogen (secondary N) is 1. The third-order valence-corrected chi connectivity index (χ3v) is 6.35. The fourth-order valence-corrected chi connectivity index (χ4v) is 4.95. The Labute approximate surface area is 163 Å². The molecule has 146 valence electrons. The number of aromatic nitrogens is 4. The fourth-order valence-electron chi connectivity index (χ4n) is 4.95. The molecule has 3 aromatic rings. The molecule has 1 saturated heterocycles. The highest BCUT2D eigenvalue weighted by Crippen LogP contribution is 2.41. The molecule has 3 heterocycles. The van der Waals surface area contributed by atoms with E-state index in [-0.39, 0.29) is 11.9 Å². The van der Waals surface area contributed by atoms with Crippen LogP contribution in [0.2, 0.25) is 0 Å². The Balaban J connectivity index is 1.26. The third-order valence-electron chi connectivity index (χ3n) is 6.35. The third kappa shape index (κ3) is 3.09. The zero-order chi connectivity index (χ0) is 19.3. The molecule has 1 aliphatic carbocycles. The summed E-state index contributed by atoms with van der Waals surface area (Å²) >= 11 is 0. The largest absolute Gasteiger partial charge is 0.391 e. The van der Waals surface area contributed by atoms with Crippen molar-refractivity contribution in [2.24, 2.45) is 11.8 Å². The normalized spacial score (nSPS) is 27.3. The standard InChI is InChI=1S/C21H25N5O2/c1-13-23-17-4-3-14(7-18(17)24-13)8-21(28)25-11-15-9-19(26-6-2-5-22-26)20(27)10-16(15)12-25/h2-7,15-16,19-20,27H,8-12H2,1H3,(H,23,24)/t15-,16+,19-,20-/m1/s1. The van der Waals surface area contributed by atoms with Gasteiger partial charge in [-0.3, -0.25) is 9.48 Å². The average Bonchev–Trinajstić information content (AvgIpc) is 3.38. The van der Waals surface area contributed by atoms with Crippen molar-refractivity contribution < 1.29 is 9.90 Å². The van der Waals surface area contributed by atoms with Crippen LogP contribution in [0.3, 0.4) is 0 Å². The topological polar surface area (TPSA) is 87.0 Å². The maximum Gasteiger partial charge on any atom is 0.227 e. The number of fused-ring (bicyclic) bond motifs is 2. The molecule has 0 unspecified atom stereocenters. The fraction of sp³-hybridized carbons (Fsp3) is 0.476. The summed E-state index contributed by atoms with van der Waals surface area (Å²) in [6.45, 7) is 3.46. The van der Waals surface area contributed by atoms with E-state index in [4.69, 9.17) is 0 Å². The van der Waals surface area contributed by atoms with Crippen LogP contribution in [-0.2, 0) is 11.2 Å². The summed E-state index contributed by atoms with van der Waals surface area (Å²) in [4.78, 5) is 22.5. The van der Waals surface area contributed by atoms with Gasteiger partial charge in [0.2, 0.25) is 5.91 Å². The highest BCUT2D eigenvalue weighted by atomic mass is 16.3. The maximum atomic E-state index is 12.9. The van der Waals surface area contributed by atoms with Gasteiger partial charge in [0.05, 0.1) is 29.6 Å². The molecule has 0 spiro atoms. The van der Waals surface area contributed by atoms with E-state index in [2.05, 4.69) is 15.1 Å². The summed E-state index contributed by atoms with van der Waals surface area (Å²) < 4.78 is 1.87. The van der Waals surface area contributed by atoms with Crippen LogP contribution < -0.4 is 0 Å². The monoisotopic (exact) mass is 379 g/mol. The Kier molecular flexibility index (Phi) is 4.19. The molecule has 4 atom stereocenters. The van der Waals surface area contributed by atoms with Gasteiger partial charge >= 0.3 is 0 Å². The van der Waals surface area contributed by atoms with Gasteiger partial charge in [0.15, 0.2) is 0 Å². The number of hydrogen-bond donors (Lipinski definition) is 2. The molecule has 1 saturated carbocycles. The lowest BCUT2D eigenvalue weighted by Gasteiger charge is -2.35. The van der Waals surface area contributed by atoms with E-state index < -0.39 is 6.10 Å². The van der Waals surface area contributed by atoms with Crippen molar-refractivity contribution in [3.05, 3.63) is 48.0 Å². The van der Waals surface area contributed by atoms with E-state index in [0.29, 0.717) is 18.3 Å². The highest BCUT2D eigenvalue weighted by Gasteiger charge is 2.43. The van der Waals surface area contributed by atoms with E-state index in [1.165, 1.54) is 0 Å². The van der Waals surface area contributed by atoms with Crippen molar-refractivity contribution in [2.75, 3.05) is 13.1 Å².